The summed E-state index contributed by atoms with van der Waals surface area (Å²) in [7, 11) is 0. The first-order chi connectivity index (χ1) is 14.4. The van der Waals surface area contributed by atoms with Crippen LogP contribution in [-0.4, -0.2) is 45.7 Å². The molecule has 0 radical (unpaired) electrons. The number of benzene rings is 1. The van der Waals surface area contributed by atoms with Crippen molar-refractivity contribution in [3.63, 3.8) is 0 Å². The molecule has 0 saturated carbocycles. The normalized spacial score (nSPS) is 21.7. The van der Waals surface area contributed by atoms with Gasteiger partial charge in [-0.3, -0.25) is 14.2 Å². The zero-order chi connectivity index (χ0) is 21.3. The van der Waals surface area contributed by atoms with Gasteiger partial charge in [-0.05, 0) is 37.8 Å². The number of piperidine rings is 1. The fourth-order valence-electron chi connectivity index (χ4n) is 3.88. The van der Waals surface area contributed by atoms with E-state index in [-0.39, 0.29) is 11.8 Å². The van der Waals surface area contributed by atoms with Crippen LogP contribution in [0.4, 0.5) is 8.78 Å². The molecule has 0 bridgehead atoms. The van der Waals surface area contributed by atoms with Crippen LogP contribution in [0.3, 0.4) is 0 Å². The molecule has 2 aliphatic rings. The lowest BCUT2D eigenvalue weighted by Gasteiger charge is -2.37. The lowest BCUT2D eigenvalue weighted by molar-refractivity contribution is -0.145. The minimum Gasteiger partial charge on any atom is -0.482 e. The largest absolute Gasteiger partial charge is 0.482 e. The zero-order valence-corrected chi connectivity index (χ0v) is 16.5. The lowest BCUT2D eigenvalue weighted by atomic mass is 9.96. The number of rotatable bonds is 4. The van der Waals surface area contributed by atoms with Crippen molar-refractivity contribution in [2.24, 2.45) is 5.92 Å². The molecule has 9 heteroatoms. The quantitative estimate of drug-likeness (QED) is 0.762. The highest BCUT2D eigenvalue weighted by atomic mass is 19.3. The molecule has 4 rings (SSSR count). The second kappa shape index (κ2) is 8.41. The number of fused-ring (bicyclic) bond motifs is 1. The van der Waals surface area contributed by atoms with E-state index < -0.39 is 29.9 Å². The summed E-state index contributed by atoms with van der Waals surface area (Å²) in [6, 6.07) is 8.14. The second-order valence-corrected chi connectivity index (χ2v) is 7.68. The van der Waals surface area contributed by atoms with Gasteiger partial charge < -0.3 is 14.4 Å². The van der Waals surface area contributed by atoms with E-state index in [0.717, 1.165) is 6.07 Å². The van der Waals surface area contributed by atoms with Gasteiger partial charge in [0.25, 0.3) is 17.9 Å². The van der Waals surface area contributed by atoms with Crippen LogP contribution in [0.2, 0.25) is 0 Å². The number of carbonyl (C=O) groups excluding carboxylic acids is 1. The third kappa shape index (κ3) is 4.15. The van der Waals surface area contributed by atoms with Crippen LogP contribution in [0.1, 0.15) is 31.9 Å². The van der Waals surface area contributed by atoms with E-state index in [0.29, 0.717) is 44.0 Å². The molecule has 2 atom stereocenters. The maximum atomic E-state index is 13.0. The third-order valence-electron chi connectivity index (χ3n) is 5.59. The summed E-state index contributed by atoms with van der Waals surface area (Å²) in [6.45, 7) is 3.28. The van der Waals surface area contributed by atoms with Crippen molar-refractivity contribution in [3.8, 4) is 11.5 Å². The zero-order valence-electron chi connectivity index (χ0n) is 16.5. The Hall–Kier alpha value is -2.97. The average Bonchev–Trinajstić information content (AvgIpc) is 2.74. The lowest BCUT2D eigenvalue weighted by Crippen LogP contribution is -2.52. The minimum atomic E-state index is -2.76. The van der Waals surface area contributed by atoms with Gasteiger partial charge in [0, 0.05) is 25.7 Å². The van der Waals surface area contributed by atoms with Gasteiger partial charge in [-0.15, -0.1) is 0 Å². The van der Waals surface area contributed by atoms with Gasteiger partial charge in [0.15, 0.2) is 11.5 Å². The van der Waals surface area contributed by atoms with Crippen LogP contribution in [0.15, 0.2) is 41.5 Å². The van der Waals surface area contributed by atoms with E-state index in [1.165, 1.54) is 10.9 Å². The van der Waals surface area contributed by atoms with E-state index in [2.05, 4.69) is 4.98 Å². The third-order valence-corrected chi connectivity index (χ3v) is 5.59. The monoisotopic (exact) mass is 419 g/mol. The Morgan fingerprint density at radius 1 is 1.20 bits per heavy atom. The van der Waals surface area contributed by atoms with Crippen LogP contribution in [0, 0.1) is 5.92 Å². The molecule has 7 nitrogen and oxygen atoms in total. The Morgan fingerprint density at radius 2 is 1.87 bits per heavy atom. The van der Waals surface area contributed by atoms with Gasteiger partial charge in [0.05, 0.1) is 6.33 Å². The Balaban J connectivity index is 1.34. The highest BCUT2D eigenvalue weighted by Crippen LogP contribution is 2.34. The van der Waals surface area contributed by atoms with Crippen LogP contribution in [0.25, 0.3) is 0 Å². The van der Waals surface area contributed by atoms with Crippen molar-refractivity contribution in [2.75, 3.05) is 13.1 Å². The van der Waals surface area contributed by atoms with Gasteiger partial charge in [-0.2, -0.15) is 0 Å². The van der Waals surface area contributed by atoms with Crippen LogP contribution in [0.5, 0.6) is 11.5 Å². The SMILES string of the molecule is CC1Oc2ccccc2OC1C(=O)N1CCC(Cn2cnc(C(F)F)cc2=O)CC1. The molecule has 1 amide bonds. The van der Waals surface area contributed by atoms with Crippen LogP contribution >= 0.6 is 0 Å². The van der Waals surface area contributed by atoms with E-state index in [1.807, 2.05) is 25.1 Å². The van der Waals surface area contributed by atoms with Crippen molar-refractivity contribution < 1.29 is 23.0 Å². The molecule has 0 aliphatic carbocycles. The van der Waals surface area contributed by atoms with Crippen molar-refractivity contribution in [2.45, 2.75) is 44.9 Å². The molecule has 1 saturated heterocycles. The molecular formula is C21H23F2N3O4. The van der Waals surface area contributed by atoms with Crippen LogP contribution in [-0.2, 0) is 11.3 Å². The Morgan fingerprint density at radius 3 is 2.50 bits per heavy atom. The number of alkyl halides is 2. The number of amides is 1. The molecule has 2 unspecified atom stereocenters. The second-order valence-electron chi connectivity index (χ2n) is 7.68. The first-order valence-electron chi connectivity index (χ1n) is 9.98. The maximum Gasteiger partial charge on any atom is 0.280 e. The number of para-hydroxylation sites is 2. The number of halogens is 2. The smallest absolute Gasteiger partial charge is 0.280 e. The van der Waals surface area contributed by atoms with Crippen molar-refractivity contribution in [3.05, 3.63) is 52.7 Å². The molecule has 0 N–H and O–H groups in total. The molecule has 2 aliphatic heterocycles. The Kier molecular flexibility index (Phi) is 5.69. The number of hydrogen-bond acceptors (Lipinski definition) is 5. The fraction of sp³-hybridized carbons (Fsp3) is 0.476. The van der Waals surface area contributed by atoms with Crippen molar-refractivity contribution >= 4 is 5.91 Å². The fourth-order valence-corrected chi connectivity index (χ4v) is 3.88. The van der Waals surface area contributed by atoms with Gasteiger partial charge in [-0.25, -0.2) is 13.8 Å². The number of hydrogen-bond donors (Lipinski definition) is 0. The van der Waals surface area contributed by atoms with Crippen molar-refractivity contribution in [1.29, 1.82) is 0 Å². The number of likely N-dealkylation sites (tertiary alicyclic amines) is 1. The molecule has 30 heavy (non-hydrogen) atoms. The molecular weight excluding hydrogens is 396 g/mol. The van der Waals surface area contributed by atoms with Crippen molar-refractivity contribution in [1.82, 2.24) is 14.5 Å². The van der Waals surface area contributed by atoms with E-state index >= 15 is 0 Å². The Labute approximate surface area is 172 Å². The summed E-state index contributed by atoms with van der Waals surface area (Å²) in [5.74, 6) is 1.23. The maximum absolute atomic E-state index is 13.0. The number of carbonyl (C=O) groups is 1. The molecule has 160 valence electrons. The summed E-state index contributed by atoms with van der Waals surface area (Å²) in [5.41, 5.74) is -0.999. The number of ether oxygens (including phenoxy) is 2. The van der Waals surface area contributed by atoms with Crippen LogP contribution < -0.4 is 15.0 Å². The highest BCUT2D eigenvalue weighted by molar-refractivity contribution is 5.82. The van der Waals surface area contributed by atoms with E-state index in [4.69, 9.17) is 9.47 Å². The summed E-state index contributed by atoms with van der Waals surface area (Å²) in [4.78, 5) is 30.4. The molecule has 1 aromatic heterocycles. The standard InChI is InChI=1S/C21H23F2N3O4/c1-13-19(30-17-5-3-2-4-16(17)29-13)21(28)25-8-6-14(7-9-25)11-26-12-24-15(20(22)23)10-18(26)27/h2-5,10,12-14,19-20H,6-9,11H2,1H3. The molecule has 0 spiro atoms. The highest BCUT2D eigenvalue weighted by Gasteiger charge is 2.37. The summed E-state index contributed by atoms with van der Waals surface area (Å²) in [6.07, 6.45) is -1.29. The summed E-state index contributed by atoms with van der Waals surface area (Å²) >= 11 is 0. The first kappa shape index (κ1) is 20.3. The average molecular weight is 419 g/mol. The predicted molar refractivity (Wildman–Crippen MR) is 104 cm³/mol. The minimum absolute atomic E-state index is 0.115. The van der Waals surface area contributed by atoms with Gasteiger partial charge >= 0.3 is 0 Å². The van der Waals surface area contributed by atoms with Gasteiger partial charge in [0.2, 0.25) is 6.10 Å². The molecule has 3 heterocycles. The number of aromatic nitrogens is 2. The summed E-state index contributed by atoms with van der Waals surface area (Å²) < 4.78 is 38.4. The first-order valence-corrected chi connectivity index (χ1v) is 9.98. The molecule has 1 aromatic carbocycles. The number of nitrogens with zero attached hydrogens (tertiary/aromatic N) is 3. The van der Waals surface area contributed by atoms with E-state index in [9.17, 15) is 18.4 Å². The predicted octanol–water partition coefficient (Wildman–Crippen LogP) is 2.65. The van der Waals surface area contributed by atoms with Gasteiger partial charge in [-0.1, -0.05) is 12.1 Å². The topological polar surface area (TPSA) is 73.7 Å². The van der Waals surface area contributed by atoms with E-state index in [1.54, 1.807) is 11.0 Å². The summed E-state index contributed by atoms with van der Waals surface area (Å²) in [5, 5.41) is 0. The molecule has 2 aromatic rings. The van der Waals surface area contributed by atoms with Gasteiger partial charge in [0.1, 0.15) is 11.8 Å². The Bertz CT molecular complexity index is 973. The molecule has 1 fully saturated rings.